The van der Waals surface area contributed by atoms with Crippen LogP contribution in [-0.2, 0) is 4.79 Å². The Bertz CT molecular complexity index is 185. The van der Waals surface area contributed by atoms with Crippen LogP contribution >= 0.6 is 0 Å². The Morgan fingerprint density at radius 3 is 3.18 bits per heavy atom. The third kappa shape index (κ3) is 2.56. The molecule has 0 radical (unpaired) electrons. The number of hydrogen-bond donors (Lipinski definition) is 2. The molecule has 1 atom stereocenters. The van der Waals surface area contributed by atoms with E-state index in [2.05, 4.69) is 10.6 Å². The minimum absolute atomic E-state index is 0.119. The van der Waals surface area contributed by atoms with Gasteiger partial charge in [0.15, 0.2) is 0 Å². The zero-order valence-electron chi connectivity index (χ0n) is 6.26. The number of nitrogens with one attached hydrogen (secondary N) is 2. The number of hydrogen-bond acceptors (Lipinski definition) is 3. The molecule has 0 spiro atoms. The molecule has 1 unspecified atom stereocenters. The molecule has 0 aromatic carbocycles. The van der Waals surface area contributed by atoms with Crippen molar-refractivity contribution in [1.29, 1.82) is 5.26 Å². The van der Waals surface area contributed by atoms with E-state index in [0.717, 1.165) is 6.42 Å². The molecule has 11 heavy (non-hydrogen) atoms. The molecule has 0 aromatic rings. The lowest BCUT2D eigenvalue weighted by molar-refractivity contribution is -0.119. The van der Waals surface area contributed by atoms with Crippen LogP contribution in [0.5, 0.6) is 0 Å². The molecule has 60 valence electrons. The van der Waals surface area contributed by atoms with Crippen molar-refractivity contribution >= 4 is 5.91 Å². The number of nitrogens with zero attached hydrogens (tertiary/aromatic N) is 1. The van der Waals surface area contributed by atoms with Crippen molar-refractivity contribution in [3.8, 4) is 6.07 Å². The Morgan fingerprint density at radius 2 is 2.64 bits per heavy atom. The van der Waals surface area contributed by atoms with E-state index < -0.39 is 0 Å². The Morgan fingerprint density at radius 1 is 1.82 bits per heavy atom. The van der Waals surface area contributed by atoms with Crippen molar-refractivity contribution in [2.24, 2.45) is 0 Å². The van der Waals surface area contributed by atoms with E-state index in [0.29, 0.717) is 19.5 Å². The van der Waals surface area contributed by atoms with Gasteiger partial charge in [0.2, 0.25) is 5.91 Å². The first-order chi connectivity index (χ1) is 5.33. The molecule has 1 fully saturated rings. The van der Waals surface area contributed by atoms with E-state index in [9.17, 15) is 4.79 Å². The van der Waals surface area contributed by atoms with Gasteiger partial charge in [-0.15, -0.1) is 0 Å². The minimum atomic E-state index is 0.119. The fourth-order valence-electron chi connectivity index (χ4n) is 1.13. The van der Waals surface area contributed by atoms with Gasteiger partial charge in [-0.05, 0) is 6.42 Å². The Balaban J connectivity index is 2.09. The van der Waals surface area contributed by atoms with Gasteiger partial charge in [-0.25, -0.2) is 0 Å². The van der Waals surface area contributed by atoms with E-state index in [4.69, 9.17) is 5.26 Å². The van der Waals surface area contributed by atoms with Crippen LogP contribution in [0, 0.1) is 11.3 Å². The van der Waals surface area contributed by atoms with Gasteiger partial charge in [0.25, 0.3) is 0 Å². The minimum Gasteiger partial charge on any atom is -0.352 e. The summed E-state index contributed by atoms with van der Waals surface area (Å²) in [6, 6.07) is 2.21. The summed E-state index contributed by atoms with van der Waals surface area (Å²) in [7, 11) is 0. The summed E-state index contributed by atoms with van der Waals surface area (Å²) < 4.78 is 0. The van der Waals surface area contributed by atoms with Gasteiger partial charge in [-0.1, -0.05) is 0 Å². The second-order valence-corrected chi connectivity index (χ2v) is 2.59. The topological polar surface area (TPSA) is 64.9 Å². The lowest BCUT2D eigenvalue weighted by Crippen LogP contribution is -2.35. The lowest BCUT2D eigenvalue weighted by atomic mass is 10.2. The highest BCUT2D eigenvalue weighted by Crippen LogP contribution is 2.04. The van der Waals surface area contributed by atoms with Crippen molar-refractivity contribution < 1.29 is 4.79 Å². The summed E-state index contributed by atoms with van der Waals surface area (Å²) in [5.74, 6) is 0.119. The molecule has 1 heterocycles. The van der Waals surface area contributed by atoms with Crippen molar-refractivity contribution in [2.75, 3.05) is 13.1 Å². The number of rotatable bonds is 3. The van der Waals surface area contributed by atoms with Gasteiger partial charge in [0, 0.05) is 19.0 Å². The molecule has 0 aromatic heterocycles. The molecule has 0 saturated carbocycles. The molecule has 1 aliphatic rings. The predicted molar refractivity (Wildman–Crippen MR) is 39.6 cm³/mol. The molecule has 4 nitrogen and oxygen atoms in total. The summed E-state index contributed by atoms with van der Waals surface area (Å²) in [5.41, 5.74) is 0. The van der Waals surface area contributed by atoms with E-state index in [1.165, 1.54) is 0 Å². The van der Waals surface area contributed by atoms with Crippen LogP contribution in [0.25, 0.3) is 0 Å². The summed E-state index contributed by atoms with van der Waals surface area (Å²) in [6.45, 7) is 1.06. The Kier molecular flexibility index (Phi) is 2.87. The quantitative estimate of drug-likeness (QED) is 0.419. The van der Waals surface area contributed by atoms with E-state index in [1.54, 1.807) is 0 Å². The number of amides is 1. The van der Waals surface area contributed by atoms with Crippen LogP contribution in [0.4, 0.5) is 0 Å². The highest BCUT2D eigenvalue weighted by molar-refractivity contribution is 5.78. The van der Waals surface area contributed by atoms with E-state index >= 15 is 0 Å². The van der Waals surface area contributed by atoms with Gasteiger partial charge >= 0.3 is 0 Å². The maximum absolute atomic E-state index is 10.7. The first-order valence-corrected chi connectivity index (χ1v) is 3.70. The SMILES string of the molecule is N#CCNCC1CCC(=O)N1. The zero-order valence-corrected chi connectivity index (χ0v) is 6.26. The fourth-order valence-corrected chi connectivity index (χ4v) is 1.13. The summed E-state index contributed by atoms with van der Waals surface area (Å²) in [6.07, 6.45) is 1.51. The van der Waals surface area contributed by atoms with Crippen LogP contribution in [0.3, 0.4) is 0 Å². The van der Waals surface area contributed by atoms with Gasteiger partial charge < -0.3 is 10.6 Å². The van der Waals surface area contributed by atoms with Gasteiger partial charge in [-0.3, -0.25) is 4.79 Å². The standard InChI is InChI=1S/C7H11N3O/c8-3-4-9-5-6-1-2-7(11)10-6/h6,9H,1-2,4-5H2,(H,10,11). The zero-order chi connectivity index (χ0) is 8.10. The maximum atomic E-state index is 10.7. The molecule has 2 N–H and O–H groups in total. The van der Waals surface area contributed by atoms with Gasteiger partial charge in [0.05, 0.1) is 12.6 Å². The first kappa shape index (κ1) is 8.02. The summed E-state index contributed by atoms with van der Waals surface area (Å²) >= 11 is 0. The second kappa shape index (κ2) is 3.94. The lowest BCUT2D eigenvalue weighted by Gasteiger charge is -2.07. The Hall–Kier alpha value is -1.08. The maximum Gasteiger partial charge on any atom is 0.220 e. The van der Waals surface area contributed by atoms with E-state index in [-0.39, 0.29) is 11.9 Å². The van der Waals surface area contributed by atoms with Crippen molar-refractivity contribution in [3.05, 3.63) is 0 Å². The molecule has 1 rings (SSSR count). The van der Waals surface area contributed by atoms with Crippen molar-refractivity contribution in [3.63, 3.8) is 0 Å². The molecule has 4 heteroatoms. The highest BCUT2D eigenvalue weighted by atomic mass is 16.1. The smallest absolute Gasteiger partial charge is 0.220 e. The monoisotopic (exact) mass is 153 g/mol. The second-order valence-electron chi connectivity index (χ2n) is 2.59. The van der Waals surface area contributed by atoms with Crippen LogP contribution in [-0.4, -0.2) is 25.0 Å². The van der Waals surface area contributed by atoms with E-state index in [1.807, 2.05) is 6.07 Å². The molecule has 1 aliphatic heterocycles. The van der Waals surface area contributed by atoms with Crippen molar-refractivity contribution in [1.82, 2.24) is 10.6 Å². The molecule has 1 amide bonds. The van der Waals surface area contributed by atoms with Crippen LogP contribution in [0.1, 0.15) is 12.8 Å². The number of carbonyl (C=O) groups is 1. The molecule has 0 bridgehead atoms. The third-order valence-electron chi connectivity index (χ3n) is 1.68. The Labute approximate surface area is 65.6 Å². The molecular weight excluding hydrogens is 142 g/mol. The van der Waals surface area contributed by atoms with Crippen LogP contribution in [0.15, 0.2) is 0 Å². The third-order valence-corrected chi connectivity index (χ3v) is 1.68. The van der Waals surface area contributed by atoms with Crippen molar-refractivity contribution in [2.45, 2.75) is 18.9 Å². The normalized spacial score (nSPS) is 22.8. The molecule has 0 aliphatic carbocycles. The fraction of sp³-hybridized carbons (Fsp3) is 0.714. The largest absolute Gasteiger partial charge is 0.352 e. The van der Waals surface area contributed by atoms with Crippen LogP contribution < -0.4 is 10.6 Å². The molecule has 1 saturated heterocycles. The average Bonchev–Trinajstić information content (AvgIpc) is 2.37. The highest BCUT2D eigenvalue weighted by Gasteiger charge is 2.19. The average molecular weight is 153 g/mol. The number of carbonyl (C=O) groups excluding carboxylic acids is 1. The summed E-state index contributed by atoms with van der Waals surface area (Å²) in [4.78, 5) is 10.7. The number of nitriles is 1. The molecular formula is C7H11N3O. The van der Waals surface area contributed by atoms with Crippen LogP contribution in [0.2, 0.25) is 0 Å². The first-order valence-electron chi connectivity index (χ1n) is 3.70. The predicted octanol–water partition coefficient (Wildman–Crippen LogP) is -0.622. The van der Waals surface area contributed by atoms with Gasteiger partial charge in [-0.2, -0.15) is 5.26 Å². The van der Waals surface area contributed by atoms with Gasteiger partial charge in [0.1, 0.15) is 0 Å². The summed E-state index contributed by atoms with van der Waals surface area (Å²) in [5, 5.41) is 13.9.